The van der Waals surface area contributed by atoms with Crippen molar-refractivity contribution in [3.8, 4) is 11.8 Å². The van der Waals surface area contributed by atoms with Crippen molar-refractivity contribution in [3.63, 3.8) is 0 Å². The molecule has 0 amide bonds. The Kier molecular flexibility index (Phi) is 4.92. The predicted octanol–water partition coefficient (Wildman–Crippen LogP) is 4.44. The van der Waals surface area contributed by atoms with E-state index in [0.29, 0.717) is 29.7 Å². The number of aromatic nitrogens is 2. The number of hydrogen-bond donors (Lipinski definition) is 0. The summed E-state index contributed by atoms with van der Waals surface area (Å²) in [4.78, 5) is 21.3. The van der Waals surface area contributed by atoms with E-state index in [1.54, 1.807) is 4.57 Å². The van der Waals surface area contributed by atoms with Gasteiger partial charge in [-0.3, -0.25) is 9.36 Å². The Bertz CT molecular complexity index is 915. The van der Waals surface area contributed by atoms with Crippen LogP contribution in [-0.4, -0.2) is 15.4 Å². The van der Waals surface area contributed by atoms with Crippen LogP contribution in [0.1, 0.15) is 45.4 Å². The fourth-order valence-electron chi connectivity index (χ4n) is 3.63. The highest BCUT2D eigenvalue weighted by Gasteiger charge is 2.30. The summed E-state index contributed by atoms with van der Waals surface area (Å²) in [5.41, 5.74) is -0.139. The standard InChI is InChI=1S/C20H22FN4O2/c1-2-12-25-18-16(22-17(23-18)13-6-4-3-5-7-13)19(26)24-20(25)27-15-10-8-14(21)9-11-15/h8-11,13H,2-7,12H2,1H3. The van der Waals surface area contributed by atoms with Gasteiger partial charge in [0.1, 0.15) is 17.4 Å². The van der Waals surface area contributed by atoms with Gasteiger partial charge in [0.25, 0.3) is 0 Å². The lowest BCUT2D eigenvalue weighted by Gasteiger charge is -2.20. The quantitative estimate of drug-likeness (QED) is 0.782. The summed E-state index contributed by atoms with van der Waals surface area (Å²) >= 11 is 0. The van der Waals surface area contributed by atoms with E-state index in [2.05, 4.69) is 10.3 Å². The SMILES string of the molecule is CCCn1c(Oc2ccc(F)cc2)nc(=O)c2c1N=C(C1CCCCC1)[N]2. The molecule has 141 valence electrons. The third-order valence-corrected chi connectivity index (χ3v) is 4.99. The fraction of sp³-hybridized carbons (Fsp3) is 0.450. The van der Waals surface area contributed by atoms with Gasteiger partial charge in [0, 0.05) is 12.5 Å². The van der Waals surface area contributed by atoms with E-state index in [4.69, 9.17) is 9.73 Å². The molecule has 2 aliphatic rings. The minimum atomic E-state index is -0.441. The summed E-state index contributed by atoms with van der Waals surface area (Å²) in [6.07, 6.45) is 6.54. The Labute approximate surface area is 157 Å². The van der Waals surface area contributed by atoms with Gasteiger partial charge in [-0.05, 0) is 43.5 Å². The first-order valence-electron chi connectivity index (χ1n) is 9.54. The van der Waals surface area contributed by atoms with E-state index in [0.717, 1.165) is 25.1 Å². The number of amidine groups is 1. The van der Waals surface area contributed by atoms with Gasteiger partial charge in [-0.25, -0.2) is 14.7 Å². The second-order valence-corrected chi connectivity index (χ2v) is 7.00. The number of halogens is 1. The van der Waals surface area contributed by atoms with Crippen molar-refractivity contribution in [1.82, 2.24) is 14.9 Å². The average Bonchev–Trinajstić information content (AvgIpc) is 3.13. The highest BCUT2D eigenvalue weighted by Crippen LogP contribution is 2.36. The van der Waals surface area contributed by atoms with Crippen LogP contribution in [0.25, 0.3) is 0 Å². The van der Waals surface area contributed by atoms with Crippen molar-refractivity contribution in [1.29, 1.82) is 0 Å². The third kappa shape index (κ3) is 3.59. The zero-order valence-electron chi connectivity index (χ0n) is 15.3. The Hall–Kier alpha value is -2.70. The Balaban J connectivity index is 1.71. The average molecular weight is 369 g/mol. The zero-order valence-corrected chi connectivity index (χ0v) is 15.3. The third-order valence-electron chi connectivity index (χ3n) is 4.99. The normalized spacial score (nSPS) is 16.6. The molecule has 27 heavy (non-hydrogen) atoms. The van der Waals surface area contributed by atoms with E-state index >= 15 is 0 Å². The van der Waals surface area contributed by atoms with Crippen molar-refractivity contribution < 1.29 is 9.13 Å². The molecule has 0 bridgehead atoms. The molecule has 1 aromatic heterocycles. The van der Waals surface area contributed by atoms with Crippen LogP contribution >= 0.6 is 0 Å². The molecule has 2 heterocycles. The lowest BCUT2D eigenvalue weighted by molar-refractivity contribution is 0.399. The molecule has 1 aliphatic heterocycles. The maximum Gasteiger partial charge on any atom is 0.307 e. The molecule has 0 spiro atoms. The van der Waals surface area contributed by atoms with Crippen molar-refractivity contribution in [3.05, 3.63) is 40.4 Å². The highest BCUT2D eigenvalue weighted by molar-refractivity contribution is 5.96. The number of aliphatic imine (C=N–C) groups is 1. The van der Waals surface area contributed by atoms with Gasteiger partial charge in [-0.1, -0.05) is 26.2 Å². The molecule has 0 saturated heterocycles. The van der Waals surface area contributed by atoms with E-state index in [-0.39, 0.29) is 11.8 Å². The van der Waals surface area contributed by atoms with Crippen LogP contribution in [-0.2, 0) is 6.54 Å². The molecule has 1 aromatic carbocycles. The number of rotatable bonds is 5. The van der Waals surface area contributed by atoms with E-state index in [9.17, 15) is 9.18 Å². The molecular formula is C20H22FN4O2. The molecule has 2 aromatic rings. The summed E-state index contributed by atoms with van der Waals surface area (Å²) in [7, 11) is 0. The second-order valence-electron chi connectivity index (χ2n) is 7.00. The van der Waals surface area contributed by atoms with Crippen LogP contribution in [0.4, 0.5) is 15.9 Å². The summed E-state index contributed by atoms with van der Waals surface area (Å²) < 4.78 is 20.7. The summed E-state index contributed by atoms with van der Waals surface area (Å²) in [5.74, 6) is 1.64. The van der Waals surface area contributed by atoms with Gasteiger partial charge in [0.05, 0.1) is 0 Å². The smallest absolute Gasteiger partial charge is 0.307 e. The lowest BCUT2D eigenvalue weighted by Crippen LogP contribution is -2.24. The van der Waals surface area contributed by atoms with Gasteiger partial charge in [0.15, 0.2) is 11.5 Å². The molecule has 1 fully saturated rings. The van der Waals surface area contributed by atoms with Gasteiger partial charge in [-0.15, -0.1) is 0 Å². The number of hydrogen-bond acceptors (Lipinski definition) is 4. The Morgan fingerprint density at radius 1 is 1.19 bits per heavy atom. The highest BCUT2D eigenvalue weighted by atomic mass is 19.1. The Morgan fingerprint density at radius 2 is 1.93 bits per heavy atom. The van der Waals surface area contributed by atoms with Gasteiger partial charge < -0.3 is 4.74 Å². The molecule has 0 unspecified atom stereocenters. The second kappa shape index (κ2) is 7.50. The van der Waals surface area contributed by atoms with Gasteiger partial charge >= 0.3 is 11.6 Å². The molecule has 1 aliphatic carbocycles. The maximum absolute atomic E-state index is 13.1. The number of benzene rings is 1. The first-order chi connectivity index (χ1) is 13.2. The largest absolute Gasteiger partial charge is 0.425 e. The van der Waals surface area contributed by atoms with Crippen LogP contribution in [0.15, 0.2) is 34.1 Å². The van der Waals surface area contributed by atoms with E-state index in [1.807, 2.05) is 6.92 Å². The van der Waals surface area contributed by atoms with Crippen molar-refractivity contribution >= 4 is 17.3 Å². The number of ether oxygens (including phenoxy) is 1. The number of nitrogens with zero attached hydrogens (tertiary/aromatic N) is 4. The molecule has 0 atom stereocenters. The minimum Gasteiger partial charge on any atom is -0.425 e. The molecule has 6 nitrogen and oxygen atoms in total. The summed E-state index contributed by atoms with van der Waals surface area (Å²) in [5, 5.41) is 4.53. The molecule has 7 heteroatoms. The predicted molar refractivity (Wildman–Crippen MR) is 101 cm³/mol. The minimum absolute atomic E-state index is 0.163. The van der Waals surface area contributed by atoms with Crippen molar-refractivity contribution in [2.45, 2.75) is 52.0 Å². The summed E-state index contributed by atoms with van der Waals surface area (Å²) in [6, 6.07) is 5.79. The molecule has 4 rings (SSSR count). The van der Waals surface area contributed by atoms with E-state index < -0.39 is 5.56 Å². The maximum atomic E-state index is 13.1. The first-order valence-corrected chi connectivity index (χ1v) is 9.54. The zero-order chi connectivity index (χ0) is 18.8. The van der Waals surface area contributed by atoms with Crippen LogP contribution in [0.3, 0.4) is 0 Å². The lowest BCUT2D eigenvalue weighted by atomic mass is 9.88. The van der Waals surface area contributed by atoms with E-state index in [1.165, 1.54) is 43.5 Å². The van der Waals surface area contributed by atoms with Crippen LogP contribution in [0.5, 0.6) is 11.8 Å². The van der Waals surface area contributed by atoms with Crippen LogP contribution < -0.4 is 15.6 Å². The topological polar surface area (TPSA) is 70.6 Å². The molecular weight excluding hydrogens is 347 g/mol. The molecule has 1 radical (unpaired) electrons. The summed E-state index contributed by atoms with van der Waals surface area (Å²) in [6.45, 7) is 2.63. The van der Waals surface area contributed by atoms with Crippen LogP contribution in [0.2, 0.25) is 0 Å². The van der Waals surface area contributed by atoms with Crippen molar-refractivity contribution in [2.75, 3.05) is 0 Å². The first kappa shape index (κ1) is 17.7. The Morgan fingerprint density at radius 3 is 2.63 bits per heavy atom. The van der Waals surface area contributed by atoms with Gasteiger partial charge in [0.2, 0.25) is 0 Å². The van der Waals surface area contributed by atoms with Gasteiger partial charge in [-0.2, -0.15) is 4.98 Å². The van der Waals surface area contributed by atoms with Crippen molar-refractivity contribution in [2.24, 2.45) is 10.9 Å². The van der Waals surface area contributed by atoms with Crippen LogP contribution in [0, 0.1) is 11.7 Å². The monoisotopic (exact) mass is 369 g/mol. The molecule has 0 N–H and O–H groups in total. The molecule has 1 saturated carbocycles. The number of fused-ring (bicyclic) bond motifs is 1. The fourth-order valence-corrected chi connectivity index (χ4v) is 3.63.